The van der Waals surface area contributed by atoms with E-state index in [1.807, 2.05) is 11.3 Å². The van der Waals surface area contributed by atoms with Crippen molar-refractivity contribution in [1.82, 2.24) is 15.1 Å². The van der Waals surface area contributed by atoms with Crippen LogP contribution in [-0.2, 0) is 5.41 Å². The zero-order valence-corrected chi connectivity index (χ0v) is 16.0. The van der Waals surface area contributed by atoms with Gasteiger partial charge >= 0.3 is 0 Å². The molecule has 1 fully saturated rings. The molecule has 24 heavy (non-hydrogen) atoms. The monoisotopic (exact) mass is 346 g/mol. The van der Waals surface area contributed by atoms with E-state index in [0.29, 0.717) is 6.04 Å². The summed E-state index contributed by atoms with van der Waals surface area (Å²) in [5, 5.41) is 5.65. The lowest BCUT2D eigenvalue weighted by Crippen LogP contribution is -2.43. The first kappa shape index (κ1) is 17.5. The second-order valence-electron chi connectivity index (χ2n) is 7.35. The summed E-state index contributed by atoms with van der Waals surface area (Å²) in [5.74, 6) is 1.08. The van der Waals surface area contributed by atoms with Gasteiger partial charge in [-0.05, 0) is 24.8 Å². The smallest absolute Gasteiger partial charge is 0.193 e. The molecule has 1 atom stereocenters. The maximum absolute atomic E-state index is 4.99. The van der Waals surface area contributed by atoms with Gasteiger partial charge in [0, 0.05) is 49.1 Å². The lowest BCUT2D eigenvalue weighted by Gasteiger charge is -2.27. The van der Waals surface area contributed by atoms with Crippen molar-refractivity contribution in [1.29, 1.82) is 0 Å². The summed E-state index contributed by atoms with van der Waals surface area (Å²) in [5.41, 5.74) is 0.0901. The third kappa shape index (κ3) is 4.01. The molecule has 0 bridgehead atoms. The van der Waals surface area contributed by atoms with E-state index in [0.717, 1.165) is 45.2 Å². The Morgan fingerprint density at radius 2 is 2.17 bits per heavy atom. The summed E-state index contributed by atoms with van der Waals surface area (Å²) >= 11 is 1.83. The van der Waals surface area contributed by atoms with Gasteiger partial charge in [0.1, 0.15) is 0 Å². The summed E-state index contributed by atoms with van der Waals surface area (Å²) < 4.78 is 0. The van der Waals surface area contributed by atoms with Gasteiger partial charge in [-0.1, -0.05) is 32.1 Å². The van der Waals surface area contributed by atoms with Gasteiger partial charge in [0.15, 0.2) is 5.96 Å². The van der Waals surface area contributed by atoms with Crippen LogP contribution in [0.5, 0.6) is 0 Å². The number of nitrogens with zero attached hydrogens (tertiary/aromatic N) is 3. The Kier molecular flexibility index (Phi) is 5.61. The fourth-order valence-corrected chi connectivity index (χ4v) is 4.31. The molecule has 0 aliphatic carbocycles. The molecule has 0 saturated carbocycles. The van der Waals surface area contributed by atoms with Crippen molar-refractivity contribution in [3.63, 3.8) is 0 Å². The van der Waals surface area contributed by atoms with Gasteiger partial charge in [-0.25, -0.2) is 0 Å². The number of hydrogen-bond donors (Lipinski definition) is 1. The van der Waals surface area contributed by atoms with Crippen molar-refractivity contribution in [2.24, 2.45) is 4.99 Å². The number of hydrogen-bond acceptors (Lipinski definition) is 3. The number of likely N-dealkylation sites (tertiary alicyclic amines) is 1. The molecule has 1 aromatic heterocycles. The van der Waals surface area contributed by atoms with Crippen molar-refractivity contribution in [2.45, 2.75) is 38.6 Å². The zero-order chi connectivity index (χ0) is 17.0. The molecule has 3 heterocycles. The van der Waals surface area contributed by atoms with Crippen molar-refractivity contribution < 1.29 is 0 Å². The molecule has 0 radical (unpaired) electrons. The van der Waals surface area contributed by atoms with Gasteiger partial charge in [-0.15, -0.1) is 11.3 Å². The van der Waals surface area contributed by atoms with Crippen LogP contribution in [0.2, 0.25) is 0 Å². The normalized spacial score (nSPS) is 22.5. The first-order valence-corrected chi connectivity index (χ1v) is 9.94. The quantitative estimate of drug-likeness (QED) is 0.505. The van der Waals surface area contributed by atoms with Gasteiger partial charge in [0.2, 0.25) is 0 Å². The largest absolute Gasteiger partial charge is 0.357 e. The summed E-state index contributed by atoms with van der Waals surface area (Å²) in [7, 11) is 0. The molecular formula is C19H30N4S. The summed E-state index contributed by atoms with van der Waals surface area (Å²) in [6, 6.07) is 5.01. The number of aliphatic imine (C=N–C) groups is 1. The number of nitrogens with one attached hydrogen (secondary N) is 1. The minimum atomic E-state index is 0.0901. The average Bonchev–Trinajstić information content (AvgIpc) is 3.33. The van der Waals surface area contributed by atoms with E-state index in [2.05, 4.69) is 65.6 Å². The van der Waals surface area contributed by atoms with Crippen LogP contribution in [0.15, 0.2) is 34.7 Å². The van der Waals surface area contributed by atoms with Crippen molar-refractivity contribution in [2.75, 3.05) is 39.3 Å². The van der Waals surface area contributed by atoms with Gasteiger partial charge in [-0.2, -0.15) is 0 Å². The number of rotatable bonds is 5. The van der Waals surface area contributed by atoms with Crippen molar-refractivity contribution in [3.8, 4) is 0 Å². The molecule has 132 valence electrons. The minimum absolute atomic E-state index is 0.0901. The van der Waals surface area contributed by atoms with E-state index in [1.165, 1.54) is 11.3 Å². The third-order valence-corrected chi connectivity index (χ3v) is 6.21. The Hall–Kier alpha value is -1.33. The van der Waals surface area contributed by atoms with Crippen LogP contribution in [0, 0.1) is 0 Å². The fourth-order valence-electron chi connectivity index (χ4n) is 3.46. The van der Waals surface area contributed by atoms with Crippen molar-refractivity contribution >= 4 is 17.3 Å². The van der Waals surface area contributed by atoms with Crippen LogP contribution in [0.3, 0.4) is 0 Å². The van der Waals surface area contributed by atoms with E-state index in [9.17, 15) is 0 Å². The molecule has 4 nitrogen and oxygen atoms in total. The summed E-state index contributed by atoms with van der Waals surface area (Å²) in [4.78, 5) is 11.4. The molecule has 0 aromatic carbocycles. The second kappa shape index (κ2) is 7.70. The maximum Gasteiger partial charge on any atom is 0.193 e. The number of thiophene rings is 1. The van der Waals surface area contributed by atoms with Crippen LogP contribution in [-0.4, -0.2) is 61.1 Å². The van der Waals surface area contributed by atoms with Crippen LogP contribution in [0.1, 0.15) is 32.1 Å². The number of guanidine groups is 1. The molecule has 1 N–H and O–H groups in total. The van der Waals surface area contributed by atoms with Gasteiger partial charge in [0.25, 0.3) is 0 Å². The molecule has 1 saturated heterocycles. The highest BCUT2D eigenvalue weighted by Crippen LogP contribution is 2.28. The lowest BCUT2D eigenvalue weighted by molar-refractivity contribution is 0.259. The second-order valence-corrected chi connectivity index (χ2v) is 8.29. The first-order valence-electron chi connectivity index (χ1n) is 9.06. The van der Waals surface area contributed by atoms with Gasteiger partial charge in [-0.3, -0.25) is 9.89 Å². The highest BCUT2D eigenvalue weighted by Gasteiger charge is 2.30. The fraction of sp³-hybridized carbons (Fsp3) is 0.632. The summed E-state index contributed by atoms with van der Waals surface area (Å²) in [6.07, 6.45) is 5.80. The Balaban J connectivity index is 1.63. The molecule has 2 aliphatic heterocycles. The highest BCUT2D eigenvalue weighted by molar-refractivity contribution is 7.10. The van der Waals surface area contributed by atoms with E-state index in [1.54, 1.807) is 0 Å². The van der Waals surface area contributed by atoms with Gasteiger partial charge in [0.05, 0.1) is 6.54 Å². The molecule has 0 spiro atoms. The standard InChI is InChI=1S/C19H30N4S/c1-4-20-18(21-15-19(2,3)17-8-7-13-24-17)23-12-9-16(14-23)22-10-5-6-11-22/h5-8,13,16H,4,9-12,14-15H2,1-3H3,(H,20,21). The summed E-state index contributed by atoms with van der Waals surface area (Å²) in [6.45, 7) is 12.9. The molecule has 5 heteroatoms. The topological polar surface area (TPSA) is 30.9 Å². The van der Waals surface area contributed by atoms with E-state index in [-0.39, 0.29) is 5.41 Å². The molecule has 1 aromatic rings. The molecular weight excluding hydrogens is 316 g/mol. The molecule has 3 rings (SSSR count). The van der Waals surface area contributed by atoms with Crippen molar-refractivity contribution in [3.05, 3.63) is 34.5 Å². The Labute approximate surface area is 150 Å². The molecule has 0 amide bonds. The Morgan fingerprint density at radius 1 is 1.38 bits per heavy atom. The van der Waals surface area contributed by atoms with Crippen LogP contribution in [0.25, 0.3) is 0 Å². The maximum atomic E-state index is 4.99. The SMILES string of the molecule is CCNC(=NCC(C)(C)c1cccs1)N1CCC(N2CC=CC2)C1. The first-order chi connectivity index (χ1) is 11.6. The zero-order valence-electron chi connectivity index (χ0n) is 15.2. The predicted molar refractivity (Wildman–Crippen MR) is 104 cm³/mol. The third-order valence-electron chi connectivity index (χ3n) is 4.97. The van der Waals surface area contributed by atoms with Gasteiger partial charge < -0.3 is 10.2 Å². The Bertz CT molecular complexity index is 568. The predicted octanol–water partition coefficient (Wildman–Crippen LogP) is 2.94. The van der Waals surface area contributed by atoms with E-state index < -0.39 is 0 Å². The molecule has 2 aliphatic rings. The molecule has 1 unspecified atom stereocenters. The lowest BCUT2D eigenvalue weighted by atomic mass is 9.92. The van der Waals surface area contributed by atoms with E-state index >= 15 is 0 Å². The van der Waals surface area contributed by atoms with Crippen LogP contribution >= 0.6 is 11.3 Å². The van der Waals surface area contributed by atoms with Crippen LogP contribution in [0.4, 0.5) is 0 Å². The Morgan fingerprint density at radius 3 is 2.83 bits per heavy atom. The van der Waals surface area contributed by atoms with E-state index in [4.69, 9.17) is 4.99 Å². The minimum Gasteiger partial charge on any atom is -0.357 e. The average molecular weight is 347 g/mol. The van der Waals surface area contributed by atoms with Crippen LogP contribution < -0.4 is 5.32 Å². The highest BCUT2D eigenvalue weighted by atomic mass is 32.1.